The van der Waals surface area contributed by atoms with Crippen LogP contribution in [-0.4, -0.2) is 53.9 Å². The number of nitrogens with zero attached hydrogens (tertiary/aromatic N) is 4. The van der Waals surface area contributed by atoms with Gasteiger partial charge in [-0.2, -0.15) is 9.29 Å². The molecule has 0 saturated carbocycles. The van der Waals surface area contributed by atoms with Crippen LogP contribution < -0.4 is 0 Å². The standard InChI is InChI=1S/C18H20N4O3S2/c1-14-4-6-15(7-5-14)18-19-16(25-20-18)13-21-8-10-22(11-9-21)27(23,24)17-3-2-12-26-17/h2-7,12H,8-11,13H2,1H3. The van der Waals surface area contributed by atoms with Gasteiger partial charge in [-0.15, -0.1) is 11.3 Å². The highest BCUT2D eigenvalue weighted by Crippen LogP contribution is 2.23. The van der Waals surface area contributed by atoms with Crippen LogP contribution in [0.15, 0.2) is 50.5 Å². The molecular formula is C18H20N4O3S2. The molecule has 0 spiro atoms. The van der Waals surface area contributed by atoms with Crippen LogP contribution in [0.2, 0.25) is 0 Å². The number of aryl methyl sites for hydroxylation is 1. The van der Waals surface area contributed by atoms with E-state index in [2.05, 4.69) is 15.0 Å². The summed E-state index contributed by atoms with van der Waals surface area (Å²) in [6.45, 7) is 4.73. The third-order valence-electron chi connectivity index (χ3n) is 4.56. The molecule has 142 valence electrons. The van der Waals surface area contributed by atoms with Crippen molar-refractivity contribution >= 4 is 21.4 Å². The minimum atomic E-state index is -3.38. The van der Waals surface area contributed by atoms with E-state index in [0.29, 0.717) is 48.6 Å². The van der Waals surface area contributed by atoms with Gasteiger partial charge in [0.05, 0.1) is 6.54 Å². The summed E-state index contributed by atoms with van der Waals surface area (Å²) in [4.78, 5) is 6.59. The molecule has 7 nitrogen and oxygen atoms in total. The van der Waals surface area contributed by atoms with Crippen LogP contribution in [-0.2, 0) is 16.6 Å². The zero-order valence-corrected chi connectivity index (χ0v) is 16.5. The maximum absolute atomic E-state index is 12.6. The number of thiophene rings is 1. The highest BCUT2D eigenvalue weighted by atomic mass is 32.2. The molecule has 0 amide bonds. The summed E-state index contributed by atoms with van der Waals surface area (Å²) in [7, 11) is -3.38. The summed E-state index contributed by atoms with van der Waals surface area (Å²) in [6, 6.07) is 11.4. The molecule has 1 saturated heterocycles. The van der Waals surface area contributed by atoms with Gasteiger partial charge in [-0.05, 0) is 18.4 Å². The van der Waals surface area contributed by atoms with E-state index < -0.39 is 10.0 Å². The van der Waals surface area contributed by atoms with Crippen molar-refractivity contribution in [3.05, 3.63) is 53.2 Å². The van der Waals surface area contributed by atoms with Gasteiger partial charge >= 0.3 is 0 Å². The van der Waals surface area contributed by atoms with Gasteiger partial charge in [-0.25, -0.2) is 8.42 Å². The molecule has 9 heteroatoms. The van der Waals surface area contributed by atoms with Crippen LogP contribution >= 0.6 is 11.3 Å². The lowest BCUT2D eigenvalue weighted by molar-refractivity contribution is 0.163. The van der Waals surface area contributed by atoms with Gasteiger partial charge in [0.25, 0.3) is 10.0 Å². The number of aromatic nitrogens is 2. The zero-order valence-electron chi connectivity index (χ0n) is 14.9. The second-order valence-electron chi connectivity index (χ2n) is 6.49. The fourth-order valence-corrected chi connectivity index (χ4v) is 5.56. The Morgan fingerprint density at radius 3 is 2.52 bits per heavy atom. The fraction of sp³-hybridized carbons (Fsp3) is 0.333. The normalized spacial score (nSPS) is 16.6. The second kappa shape index (κ2) is 7.51. The van der Waals surface area contributed by atoms with Crippen molar-refractivity contribution in [2.75, 3.05) is 26.2 Å². The van der Waals surface area contributed by atoms with Crippen LogP contribution in [0.5, 0.6) is 0 Å². The van der Waals surface area contributed by atoms with E-state index in [9.17, 15) is 8.42 Å². The average molecular weight is 405 g/mol. The molecule has 2 aromatic heterocycles. The Bertz CT molecular complexity index is 990. The molecule has 1 fully saturated rings. The molecule has 0 N–H and O–H groups in total. The molecule has 1 aliphatic rings. The SMILES string of the molecule is Cc1ccc(-c2noc(CN3CCN(S(=O)(=O)c4cccs4)CC3)n2)cc1. The molecule has 0 bridgehead atoms. The van der Waals surface area contributed by atoms with Crippen LogP contribution in [0.4, 0.5) is 0 Å². The van der Waals surface area contributed by atoms with Crippen molar-refractivity contribution in [2.45, 2.75) is 17.7 Å². The van der Waals surface area contributed by atoms with E-state index in [1.54, 1.807) is 21.8 Å². The smallest absolute Gasteiger partial charge is 0.252 e. The minimum absolute atomic E-state index is 0.399. The number of sulfonamides is 1. The van der Waals surface area contributed by atoms with Gasteiger partial charge in [0.2, 0.25) is 11.7 Å². The third kappa shape index (κ3) is 3.96. The van der Waals surface area contributed by atoms with Gasteiger partial charge in [0.15, 0.2) is 0 Å². The third-order valence-corrected chi connectivity index (χ3v) is 7.83. The second-order valence-corrected chi connectivity index (χ2v) is 9.60. The molecule has 3 aromatic rings. The number of rotatable bonds is 5. The van der Waals surface area contributed by atoms with Gasteiger partial charge in [0.1, 0.15) is 4.21 Å². The topological polar surface area (TPSA) is 79.5 Å². The molecule has 0 radical (unpaired) electrons. The minimum Gasteiger partial charge on any atom is -0.338 e. The van der Waals surface area contributed by atoms with E-state index in [4.69, 9.17) is 4.52 Å². The van der Waals surface area contributed by atoms with Crippen molar-refractivity contribution in [2.24, 2.45) is 0 Å². The first kappa shape index (κ1) is 18.3. The molecule has 27 heavy (non-hydrogen) atoms. The summed E-state index contributed by atoms with van der Waals surface area (Å²) < 4.78 is 32.5. The monoisotopic (exact) mass is 404 g/mol. The first-order chi connectivity index (χ1) is 13.0. The Hall–Kier alpha value is -2.07. The largest absolute Gasteiger partial charge is 0.338 e. The molecular weight excluding hydrogens is 384 g/mol. The predicted molar refractivity (Wildman–Crippen MR) is 103 cm³/mol. The van der Waals surface area contributed by atoms with Crippen LogP contribution in [0.25, 0.3) is 11.4 Å². The van der Waals surface area contributed by atoms with Crippen LogP contribution in [0.3, 0.4) is 0 Å². The lowest BCUT2D eigenvalue weighted by Gasteiger charge is -2.32. The van der Waals surface area contributed by atoms with Crippen molar-refractivity contribution in [1.29, 1.82) is 0 Å². The molecule has 4 rings (SSSR count). The van der Waals surface area contributed by atoms with E-state index in [-0.39, 0.29) is 0 Å². The van der Waals surface area contributed by atoms with Gasteiger partial charge in [0, 0.05) is 31.7 Å². The van der Waals surface area contributed by atoms with Crippen LogP contribution in [0, 0.1) is 6.92 Å². The Morgan fingerprint density at radius 2 is 1.85 bits per heavy atom. The lowest BCUT2D eigenvalue weighted by Crippen LogP contribution is -2.48. The highest BCUT2D eigenvalue weighted by Gasteiger charge is 2.29. The van der Waals surface area contributed by atoms with Gasteiger partial charge in [-0.1, -0.05) is 41.1 Å². The first-order valence-electron chi connectivity index (χ1n) is 8.68. The summed E-state index contributed by atoms with van der Waals surface area (Å²) >= 11 is 1.25. The number of hydrogen-bond acceptors (Lipinski definition) is 7. The molecule has 0 atom stereocenters. The van der Waals surface area contributed by atoms with E-state index in [1.807, 2.05) is 31.2 Å². The zero-order chi connectivity index (χ0) is 18.9. The van der Waals surface area contributed by atoms with Crippen molar-refractivity contribution in [3.8, 4) is 11.4 Å². The fourth-order valence-electron chi connectivity index (χ4n) is 3.00. The van der Waals surface area contributed by atoms with Crippen molar-refractivity contribution < 1.29 is 12.9 Å². The molecule has 3 heterocycles. The Morgan fingerprint density at radius 1 is 1.11 bits per heavy atom. The molecule has 1 aliphatic heterocycles. The first-order valence-corrected chi connectivity index (χ1v) is 11.0. The van der Waals surface area contributed by atoms with Gasteiger partial charge in [-0.3, -0.25) is 4.90 Å². The average Bonchev–Trinajstić information content (AvgIpc) is 3.35. The Kier molecular flexibility index (Phi) is 5.09. The molecule has 1 aromatic carbocycles. The van der Waals surface area contributed by atoms with E-state index in [1.165, 1.54) is 16.9 Å². The van der Waals surface area contributed by atoms with E-state index >= 15 is 0 Å². The number of benzene rings is 1. The Labute approximate surface area is 162 Å². The van der Waals surface area contributed by atoms with E-state index in [0.717, 1.165) is 5.56 Å². The quantitative estimate of drug-likeness (QED) is 0.650. The molecule has 0 aliphatic carbocycles. The van der Waals surface area contributed by atoms with Crippen molar-refractivity contribution in [1.82, 2.24) is 19.3 Å². The van der Waals surface area contributed by atoms with Crippen LogP contribution in [0.1, 0.15) is 11.5 Å². The predicted octanol–water partition coefficient (Wildman–Crippen LogP) is 2.61. The summed E-state index contributed by atoms with van der Waals surface area (Å²) in [5, 5.41) is 5.83. The highest BCUT2D eigenvalue weighted by molar-refractivity contribution is 7.91. The van der Waals surface area contributed by atoms with Crippen molar-refractivity contribution in [3.63, 3.8) is 0 Å². The number of hydrogen-bond donors (Lipinski definition) is 0. The maximum atomic E-state index is 12.6. The number of piperazine rings is 1. The lowest BCUT2D eigenvalue weighted by atomic mass is 10.1. The summed E-state index contributed by atoms with van der Waals surface area (Å²) in [5.74, 6) is 1.11. The molecule has 0 unspecified atom stereocenters. The summed E-state index contributed by atoms with van der Waals surface area (Å²) in [5.41, 5.74) is 2.10. The summed E-state index contributed by atoms with van der Waals surface area (Å²) in [6.07, 6.45) is 0. The Balaban J connectivity index is 1.37. The van der Waals surface area contributed by atoms with Gasteiger partial charge < -0.3 is 4.52 Å². The maximum Gasteiger partial charge on any atom is 0.252 e.